The van der Waals surface area contributed by atoms with Crippen LogP contribution in [-0.2, 0) is 16.1 Å². The lowest BCUT2D eigenvalue weighted by atomic mass is 10.1. The molecule has 0 aromatic heterocycles. The van der Waals surface area contributed by atoms with Crippen molar-refractivity contribution in [1.82, 2.24) is 5.32 Å². The summed E-state index contributed by atoms with van der Waals surface area (Å²) in [6.45, 7) is 4.25. The van der Waals surface area contributed by atoms with Gasteiger partial charge < -0.3 is 15.0 Å². The Morgan fingerprint density at radius 2 is 1.96 bits per heavy atom. The fraction of sp³-hybridized carbons (Fsp3) is 0.263. The van der Waals surface area contributed by atoms with Gasteiger partial charge in [-0.25, -0.2) is 0 Å². The van der Waals surface area contributed by atoms with Crippen molar-refractivity contribution in [3.63, 3.8) is 0 Å². The summed E-state index contributed by atoms with van der Waals surface area (Å²) < 4.78 is 5.53. The van der Waals surface area contributed by atoms with E-state index < -0.39 is 6.04 Å². The zero-order valence-corrected chi connectivity index (χ0v) is 14.8. The molecule has 0 saturated carbocycles. The molecule has 2 aromatic rings. The van der Waals surface area contributed by atoms with Crippen molar-refractivity contribution in [2.75, 3.05) is 11.5 Å². The molecule has 0 saturated heterocycles. The predicted molar refractivity (Wildman–Crippen MR) is 96.8 cm³/mol. The summed E-state index contributed by atoms with van der Waals surface area (Å²) in [5.41, 5.74) is 2.49. The normalized spacial score (nSPS) is 15.9. The highest BCUT2D eigenvalue weighted by atomic mass is 35.5. The number of amides is 2. The van der Waals surface area contributed by atoms with E-state index in [1.807, 2.05) is 37.3 Å². The Bertz CT molecular complexity index is 805. The third-order valence-corrected chi connectivity index (χ3v) is 4.28. The summed E-state index contributed by atoms with van der Waals surface area (Å²) >= 11 is 5.92. The van der Waals surface area contributed by atoms with E-state index in [2.05, 4.69) is 5.32 Å². The molecule has 1 aliphatic heterocycles. The van der Waals surface area contributed by atoms with Crippen LogP contribution in [0, 0.1) is 0 Å². The minimum Gasteiger partial charge on any atom is -0.494 e. The number of carbonyl (C=O) groups excluding carboxylic acids is 2. The summed E-state index contributed by atoms with van der Waals surface area (Å²) in [7, 11) is 0. The molecule has 0 spiro atoms. The lowest BCUT2D eigenvalue weighted by molar-refractivity contribution is -0.126. The maximum atomic E-state index is 12.9. The van der Waals surface area contributed by atoms with Gasteiger partial charge in [0.25, 0.3) is 5.91 Å². The topological polar surface area (TPSA) is 58.6 Å². The first-order valence-corrected chi connectivity index (χ1v) is 8.47. The first kappa shape index (κ1) is 17.3. The largest absolute Gasteiger partial charge is 0.494 e. The zero-order chi connectivity index (χ0) is 18.0. The van der Waals surface area contributed by atoms with E-state index in [0.29, 0.717) is 23.9 Å². The summed E-state index contributed by atoms with van der Waals surface area (Å²) in [6.07, 6.45) is 0. The van der Waals surface area contributed by atoms with Gasteiger partial charge in [0.1, 0.15) is 11.8 Å². The van der Waals surface area contributed by atoms with Crippen molar-refractivity contribution >= 4 is 29.1 Å². The minimum atomic E-state index is -0.694. The third kappa shape index (κ3) is 3.61. The van der Waals surface area contributed by atoms with Crippen molar-refractivity contribution in [2.45, 2.75) is 26.4 Å². The van der Waals surface area contributed by atoms with Gasteiger partial charge in [-0.05, 0) is 42.8 Å². The van der Waals surface area contributed by atoms with E-state index in [0.717, 1.165) is 16.8 Å². The molecular weight excluding hydrogens is 340 g/mol. The summed E-state index contributed by atoms with van der Waals surface area (Å²) in [4.78, 5) is 26.1. The van der Waals surface area contributed by atoms with Gasteiger partial charge in [0.2, 0.25) is 5.91 Å². The van der Waals surface area contributed by atoms with Gasteiger partial charge in [-0.1, -0.05) is 23.7 Å². The van der Waals surface area contributed by atoms with Crippen LogP contribution in [0.2, 0.25) is 5.02 Å². The number of carbonyl (C=O) groups is 2. The number of hydrogen-bond donors (Lipinski definition) is 1. The van der Waals surface area contributed by atoms with Crippen LogP contribution in [0.3, 0.4) is 0 Å². The van der Waals surface area contributed by atoms with Crippen LogP contribution in [0.15, 0.2) is 42.5 Å². The summed E-state index contributed by atoms with van der Waals surface area (Å²) in [5.74, 6) is 0.269. The quantitative estimate of drug-likeness (QED) is 0.890. The minimum absolute atomic E-state index is 0.159. The first-order chi connectivity index (χ1) is 12.0. The lowest BCUT2D eigenvalue weighted by Gasteiger charge is -2.18. The summed E-state index contributed by atoms with van der Waals surface area (Å²) in [6, 6.07) is 12.2. The average Bonchev–Trinajstić information content (AvgIpc) is 2.82. The Labute approximate surface area is 151 Å². The molecule has 3 rings (SSSR count). The number of ether oxygens (including phenoxy) is 1. The van der Waals surface area contributed by atoms with Crippen LogP contribution in [0.4, 0.5) is 5.69 Å². The highest BCUT2D eigenvalue weighted by Gasteiger charge is 2.38. The van der Waals surface area contributed by atoms with Gasteiger partial charge in [0.15, 0.2) is 0 Å². The Morgan fingerprint density at radius 1 is 1.24 bits per heavy atom. The number of rotatable bonds is 5. The number of benzene rings is 2. The van der Waals surface area contributed by atoms with E-state index in [1.54, 1.807) is 17.0 Å². The molecule has 0 unspecified atom stereocenters. The van der Waals surface area contributed by atoms with Crippen LogP contribution in [0.1, 0.15) is 31.0 Å². The van der Waals surface area contributed by atoms with Gasteiger partial charge in [-0.3, -0.25) is 9.59 Å². The molecule has 1 N–H and O–H groups in total. The highest BCUT2D eigenvalue weighted by molar-refractivity contribution is 6.30. The van der Waals surface area contributed by atoms with Crippen LogP contribution in [0.5, 0.6) is 5.75 Å². The second kappa shape index (κ2) is 7.15. The highest BCUT2D eigenvalue weighted by Crippen LogP contribution is 2.39. The SMILES string of the molecule is CCOc1ccc2c(c1)[C@@H](NC(C)=O)C(=O)N2Cc1ccc(Cl)cc1. The molecule has 0 bridgehead atoms. The second-order valence-electron chi connectivity index (χ2n) is 5.84. The smallest absolute Gasteiger partial charge is 0.254 e. The van der Waals surface area contributed by atoms with Crippen molar-refractivity contribution in [2.24, 2.45) is 0 Å². The van der Waals surface area contributed by atoms with Crippen molar-refractivity contribution < 1.29 is 14.3 Å². The maximum Gasteiger partial charge on any atom is 0.254 e. The Hall–Kier alpha value is -2.53. The number of hydrogen-bond acceptors (Lipinski definition) is 3. The lowest BCUT2D eigenvalue weighted by Crippen LogP contribution is -2.36. The predicted octanol–water partition coefficient (Wildman–Crippen LogP) is 3.46. The van der Waals surface area contributed by atoms with Gasteiger partial charge in [-0.15, -0.1) is 0 Å². The van der Waals surface area contributed by atoms with E-state index in [4.69, 9.17) is 16.3 Å². The van der Waals surface area contributed by atoms with Crippen LogP contribution < -0.4 is 15.0 Å². The van der Waals surface area contributed by atoms with E-state index in [1.165, 1.54) is 6.92 Å². The molecule has 6 heteroatoms. The molecule has 25 heavy (non-hydrogen) atoms. The number of nitrogens with zero attached hydrogens (tertiary/aromatic N) is 1. The van der Waals surface area contributed by atoms with Crippen molar-refractivity contribution in [1.29, 1.82) is 0 Å². The molecule has 2 amide bonds. The van der Waals surface area contributed by atoms with E-state index in [9.17, 15) is 9.59 Å². The van der Waals surface area contributed by atoms with Crippen LogP contribution in [-0.4, -0.2) is 18.4 Å². The number of halogens is 1. The molecule has 0 radical (unpaired) electrons. The third-order valence-electron chi connectivity index (χ3n) is 4.03. The fourth-order valence-corrected chi connectivity index (χ4v) is 3.08. The molecule has 0 aliphatic carbocycles. The molecule has 0 fully saturated rings. The number of nitrogens with one attached hydrogen (secondary N) is 1. The Morgan fingerprint density at radius 3 is 2.60 bits per heavy atom. The molecule has 1 heterocycles. The molecule has 5 nitrogen and oxygen atoms in total. The van der Waals surface area contributed by atoms with Crippen LogP contribution in [0.25, 0.3) is 0 Å². The molecule has 2 aromatic carbocycles. The van der Waals surface area contributed by atoms with Gasteiger partial charge in [-0.2, -0.15) is 0 Å². The Balaban J connectivity index is 1.96. The monoisotopic (exact) mass is 358 g/mol. The van der Waals surface area contributed by atoms with Crippen molar-refractivity contribution in [3.05, 3.63) is 58.6 Å². The fourth-order valence-electron chi connectivity index (χ4n) is 2.95. The maximum absolute atomic E-state index is 12.9. The van der Waals surface area contributed by atoms with E-state index in [-0.39, 0.29) is 11.8 Å². The van der Waals surface area contributed by atoms with Crippen molar-refractivity contribution in [3.8, 4) is 5.75 Å². The number of anilines is 1. The molecular formula is C19H19ClN2O3. The zero-order valence-electron chi connectivity index (χ0n) is 14.1. The number of fused-ring (bicyclic) bond motifs is 1. The van der Waals surface area contributed by atoms with E-state index >= 15 is 0 Å². The van der Waals surface area contributed by atoms with Gasteiger partial charge in [0, 0.05) is 17.5 Å². The van der Waals surface area contributed by atoms with Gasteiger partial charge >= 0.3 is 0 Å². The van der Waals surface area contributed by atoms with Crippen LogP contribution >= 0.6 is 11.6 Å². The Kier molecular flexibility index (Phi) is 4.95. The molecule has 1 atom stereocenters. The van der Waals surface area contributed by atoms with Gasteiger partial charge in [0.05, 0.1) is 18.8 Å². The summed E-state index contributed by atoms with van der Waals surface area (Å²) in [5, 5.41) is 3.38. The standard InChI is InChI=1S/C19H19ClN2O3/c1-3-25-15-8-9-17-16(10-15)18(21-12(2)23)19(24)22(17)11-13-4-6-14(20)7-5-13/h4-10,18H,3,11H2,1-2H3,(H,21,23)/t18-/m1/s1. The average molecular weight is 359 g/mol. The first-order valence-electron chi connectivity index (χ1n) is 8.09. The molecule has 1 aliphatic rings. The molecule has 130 valence electrons. The second-order valence-corrected chi connectivity index (χ2v) is 6.27.